The molecule has 0 saturated heterocycles. The van der Waals surface area contributed by atoms with Crippen molar-refractivity contribution in [3.05, 3.63) is 90.8 Å². The van der Waals surface area contributed by atoms with Gasteiger partial charge in [0.05, 0.1) is 19.7 Å². The van der Waals surface area contributed by atoms with Crippen LogP contribution in [0.4, 0.5) is 11.6 Å². The van der Waals surface area contributed by atoms with E-state index in [0.717, 1.165) is 59.7 Å². The molecule has 0 amide bonds. The number of anilines is 2. The Morgan fingerprint density at radius 3 is 2.55 bits per heavy atom. The monoisotopic (exact) mass is 627 g/mol. The molecule has 0 aliphatic heterocycles. The molecule has 3 rings (SSSR count). The van der Waals surface area contributed by atoms with E-state index in [-0.39, 0.29) is 11.8 Å². The lowest BCUT2D eigenvalue weighted by Gasteiger charge is -2.26. The summed E-state index contributed by atoms with van der Waals surface area (Å²) in [5, 5.41) is 0. The Morgan fingerprint density at radius 2 is 1.87 bits per heavy atom. The summed E-state index contributed by atoms with van der Waals surface area (Å²) in [4.78, 5) is 21.8. The van der Waals surface area contributed by atoms with E-state index in [1.807, 2.05) is 77.6 Å². The molecule has 3 N–H and O–H groups in total. The van der Waals surface area contributed by atoms with E-state index in [9.17, 15) is 4.79 Å². The third-order valence-corrected chi connectivity index (χ3v) is 6.79. The van der Waals surface area contributed by atoms with Crippen LogP contribution in [0.3, 0.4) is 0 Å². The van der Waals surface area contributed by atoms with Gasteiger partial charge in [-0.3, -0.25) is 9.69 Å². The summed E-state index contributed by atoms with van der Waals surface area (Å²) < 4.78 is 10.8. The molecule has 1 heterocycles. The van der Waals surface area contributed by atoms with E-state index in [2.05, 4.69) is 35.4 Å². The van der Waals surface area contributed by atoms with Gasteiger partial charge in [0.1, 0.15) is 40.1 Å². The lowest BCUT2D eigenvalue weighted by molar-refractivity contribution is -0.369. The molecule has 0 saturated carbocycles. The minimum Gasteiger partial charge on any atom is -0.457 e. The van der Waals surface area contributed by atoms with Gasteiger partial charge in [-0.15, -0.1) is 0 Å². The molecular formula is C30H36IN4O3+. The van der Waals surface area contributed by atoms with E-state index < -0.39 is 0 Å². The van der Waals surface area contributed by atoms with E-state index in [0.29, 0.717) is 18.8 Å². The van der Waals surface area contributed by atoms with Crippen LogP contribution < -0.4 is 20.4 Å². The van der Waals surface area contributed by atoms with Crippen molar-refractivity contribution in [1.82, 2.24) is 4.98 Å². The number of para-hydroxylation sites is 1. The Balaban J connectivity index is 1.68. The Bertz CT molecular complexity index is 1220. The molecule has 200 valence electrons. The summed E-state index contributed by atoms with van der Waals surface area (Å²) in [5.74, 6) is 2.95. The van der Waals surface area contributed by atoms with Crippen molar-refractivity contribution in [2.45, 2.75) is 45.1 Å². The summed E-state index contributed by atoms with van der Waals surface area (Å²) in [6.07, 6.45) is 9.21. The lowest BCUT2D eigenvalue weighted by Crippen LogP contribution is -2.36. The number of nitrogen functional groups attached to an aromatic ring is 1. The third kappa shape index (κ3) is 8.39. The number of nitrogens with zero attached hydrogens (tertiary/aromatic N) is 2. The summed E-state index contributed by atoms with van der Waals surface area (Å²) in [6.45, 7) is 6.98. The van der Waals surface area contributed by atoms with Gasteiger partial charge in [0, 0.05) is 6.42 Å². The molecule has 0 aliphatic carbocycles. The number of ether oxygens (including phenoxy) is 1. The number of rotatable bonds is 15. The van der Waals surface area contributed by atoms with E-state index >= 15 is 0 Å². The van der Waals surface area contributed by atoms with Gasteiger partial charge < -0.3 is 13.5 Å². The molecule has 0 aliphatic rings. The summed E-state index contributed by atoms with van der Waals surface area (Å²) in [5.41, 5.74) is 8.87. The molecule has 0 spiro atoms. The summed E-state index contributed by atoms with van der Waals surface area (Å²) >= 11 is 1.82. The maximum absolute atomic E-state index is 12.0. The highest BCUT2D eigenvalue weighted by atomic mass is 127. The SMILES string of the molecule is C=C(c1ccc(Oc2ccccc2)cc1)c1c(N)nc[nH+]c1N(C)C(CC)CCCCC(=O)C=CCOI. The van der Waals surface area contributed by atoms with Crippen molar-refractivity contribution in [2.75, 3.05) is 24.3 Å². The fourth-order valence-corrected chi connectivity index (χ4v) is 4.53. The highest BCUT2D eigenvalue weighted by Crippen LogP contribution is 2.33. The molecule has 0 fully saturated rings. The zero-order valence-corrected chi connectivity index (χ0v) is 24.2. The van der Waals surface area contributed by atoms with Gasteiger partial charge in [0.2, 0.25) is 18.0 Å². The highest BCUT2D eigenvalue weighted by Gasteiger charge is 2.26. The number of hydrogen-bond donors (Lipinski definition) is 1. The number of halogens is 1. The fraction of sp³-hybridized carbons (Fsp3) is 0.300. The topological polar surface area (TPSA) is 91.8 Å². The van der Waals surface area contributed by atoms with Crippen molar-refractivity contribution in [1.29, 1.82) is 0 Å². The number of allylic oxidation sites excluding steroid dienone is 1. The van der Waals surface area contributed by atoms with Crippen LogP contribution in [0, 0.1) is 0 Å². The smallest absolute Gasteiger partial charge is 0.234 e. The van der Waals surface area contributed by atoms with E-state index in [4.69, 9.17) is 13.5 Å². The number of H-pyrrole nitrogens is 1. The predicted molar refractivity (Wildman–Crippen MR) is 161 cm³/mol. The Morgan fingerprint density at radius 1 is 1.16 bits per heavy atom. The van der Waals surface area contributed by atoms with E-state index in [1.54, 1.807) is 18.5 Å². The van der Waals surface area contributed by atoms with Crippen LogP contribution in [0.25, 0.3) is 5.57 Å². The van der Waals surface area contributed by atoms with Crippen LogP contribution in [0.15, 0.2) is 79.7 Å². The molecule has 2 aromatic carbocycles. The molecule has 0 radical (unpaired) electrons. The van der Waals surface area contributed by atoms with Gasteiger partial charge in [0.15, 0.2) is 5.78 Å². The molecule has 38 heavy (non-hydrogen) atoms. The zero-order valence-electron chi connectivity index (χ0n) is 22.0. The van der Waals surface area contributed by atoms with Crippen LogP contribution >= 0.6 is 23.0 Å². The standard InChI is InChI=1S/C30H35IN4O3/c1-4-24(11-8-9-12-25(36)13-10-20-37-31)35(3)30-28(29(32)33-21-34-30)22(2)23-16-18-27(19-17-23)38-26-14-6-5-7-15-26/h5-7,10,13-19,21,24H,2,4,8-9,11-12,20H2,1,3H3,(H2,32,33,34)/p+1. The first-order valence-corrected chi connectivity index (χ1v) is 13.7. The number of benzene rings is 2. The minimum atomic E-state index is 0.133. The Hall–Kier alpha value is -3.24. The zero-order chi connectivity index (χ0) is 27.3. The van der Waals surface area contributed by atoms with Gasteiger partial charge in [-0.05, 0) is 67.2 Å². The normalized spacial score (nSPS) is 11.9. The maximum atomic E-state index is 12.0. The van der Waals surface area contributed by atoms with Crippen molar-refractivity contribution in [2.24, 2.45) is 0 Å². The average molecular weight is 628 g/mol. The number of ketones is 1. The first-order chi connectivity index (χ1) is 18.4. The second-order valence-corrected chi connectivity index (χ2v) is 9.62. The second-order valence-electron chi connectivity index (χ2n) is 8.99. The van der Waals surface area contributed by atoms with Crippen LogP contribution in [-0.4, -0.2) is 30.5 Å². The second kappa shape index (κ2) is 15.2. The first kappa shape index (κ1) is 29.3. The molecule has 1 atom stereocenters. The number of aromatic nitrogens is 2. The number of unbranched alkanes of at least 4 members (excludes halogenated alkanes) is 1. The van der Waals surface area contributed by atoms with Crippen molar-refractivity contribution in [3.63, 3.8) is 0 Å². The number of carbonyl (C=O) groups is 1. The number of carbonyl (C=O) groups excluding carboxylic acids is 1. The fourth-order valence-electron chi connectivity index (χ4n) is 4.32. The Labute approximate surface area is 239 Å². The summed E-state index contributed by atoms with van der Waals surface area (Å²) in [6, 6.07) is 17.7. The number of nitrogens with two attached hydrogens (primary N) is 1. The first-order valence-electron chi connectivity index (χ1n) is 12.8. The molecule has 1 aromatic heterocycles. The minimum absolute atomic E-state index is 0.133. The predicted octanol–water partition coefficient (Wildman–Crippen LogP) is 6.60. The highest BCUT2D eigenvalue weighted by molar-refractivity contribution is 14.1. The third-order valence-electron chi connectivity index (χ3n) is 6.43. The van der Waals surface area contributed by atoms with Crippen LogP contribution in [0.1, 0.15) is 50.2 Å². The van der Waals surface area contributed by atoms with Crippen LogP contribution in [0.2, 0.25) is 0 Å². The molecule has 1 unspecified atom stereocenters. The lowest BCUT2D eigenvalue weighted by atomic mass is 9.98. The van der Waals surface area contributed by atoms with Gasteiger partial charge >= 0.3 is 0 Å². The quantitative estimate of drug-likeness (QED) is 0.116. The number of hydrogen-bond acceptors (Lipinski definition) is 6. The van der Waals surface area contributed by atoms with Crippen molar-refractivity contribution < 1.29 is 17.6 Å². The average Bonchev–Trinajstić information content (AvgIpc) is 2.93. The van der Waals surface area contributed by atoms with Gasteiger partial charge in [-0.2, -0.15) is 0 Å². The molecule has 8 heteroatoms. The van der Waals surface area contributed by atoms with Crippen molar-refractivity contribution >= 4 is 46.0 Å². The van der Waals surface area contributed by atoms with Gasteiger partial charge in [-0.1, -0.05) is 54.9 Å². The molecule has 0 bridgehead atoms. The Kier molecular flexibility index (Phi) is 11.8. The molecular weight excluding hydrogens is 591 g/mol. The number of nitrogens with one attached hydrogen (secondary N) is 1. The van der Waals surface area contributed by atoms with Crippen LogP contribution in [-0.2, 0) is 7.86 Å². The molecule has 7 nitrogen and oxygen atoms in total. The van der Waals surface area contributed by atoms with Gasteiger partial charge in [-0.25, -0.2) is 4.98 Å². The largest absolute Gasteiger partial charge is 0.457 e. The molecule has 3 aromatic rings. The van der Waals surface area contributed by atoms with E-state index in [1.165, 1.54) is 0 Å². The van der Waals surface area contributed by atoms with Crippen molar-refractivity contribution in [3.8, 4) is 11.5 Å². The van der Waals surface area contributed by atoms with Gasteiger partial charge in [0.25, 0.3) is 0 Å². The maximum Gasteiger partial charge on any atom is 0.234 e. The van der Waals surface area contributed by atoms with Crippen LogP contribution in [0.5, 0.6) is 11.5 Å². The summed E-state index contributed by atoms with van der Waals surface area (Å²) in [7, 11) is 2.06. The number of aromatic amines is 1.